The van der Waals surface area contributed by atoms with E-state index in [1.165, 1.54) is 12.5 Å². The maximum Gasteiger partial charge on any atom is 0.137 e. The lowest BCUT2D eigenvalue weighted by molar-refractivity contribution is -0.125. The van der Waals surface area contributed by atoms with Gasteiger partial charge < -0.3 is 0 Å². The van der Waals surface area contributed by atoms with E-state index in [9.17, 15) is 9.59 Å². The van der Waals surface area contributed by atoms with Crippen molar-refractivity contribution in [2.45, 2.75) is 26.7 Å². The van der Waals surface area contributed by atoms with Gasteiger partial charge in [-0.1, -0.05) is 61.5 Å². The Hall–Kier alpha value is -2.22. The van der Waals surface area contributed by atoms with Crippen LogP contribution in [0.3, 0.4) is 0 Å². The first-order valence-electron chi connectivity index (χ1n) is 7.23. The minimum Gasteiger partial charge on any atom is -0.300 e. The highest BCUT2D eigenvalue weighted by molar-refractivity contribution is 5.87. The Kier molecular flexibility index (Phi) is 5.04. The predicted octanol–water partition coefficient (Wildman–Crippen LogP) is 4.08. The highest BCUT2D eigenvalue weighted by Crippen LogP contribution is 2.19. The number of carbonyl (C=O) groups excluding carboxylic acids is 2. The molecule has 0 saturated heterocycles. The summed E-state index contributed by atoms with van der Waals surface area (Å²) in [5.74, 6) is 0.00836. The second kappa shape index (κ2) is 6.98. The molecule has 0 N–H and O–H groups in total. The fourth-order valence-corrected chi connectivity index (χ4v) is 2.23. The monoisotopic (exact) mass is 280 g/mol. The van der Waals surface area contributed by atoms with Gasteiger partial charge in [0.05, 0.1) is 0 Å². The Morgan fingerprint density at radius 1 is 0.905 bits per heavy atom. The van der Waals surface area contributed by atoms with Crippen molar-refractivity contribution in [1.82, 2.24) is 0 Å². The Morgan fingerprint density at radius 3 is 2.05 bits per heavy atom. The Morgan fingerprint density at radius 2 is 1.48 bits per heavy atom. The molecule has 2 nitrogen and oxygen atoms in total. The smallest absolute Gasteiger partial charge is 0.137 e. The number of hydrogen-bond acceptors (Lipinski definition) is 2. The van der Waals surface area contributed by atoms with Crippen molar-refractivity contribution in [2.75, 3.05) is 0 Å². The highest BCUT2D eigenvalue weighted by Gasteiger charge is 2.13. The molecule has 108 valence electrons. The van der Waals surface area contributed by atoms with Gasteiger partial charge in [0.1, 0.15) is 11.6 Å². The van der Waals surface area contributed by atoms with Gasteiger partial charge in [0.25, 0.3) is 0 Å². The molecule has 0 fully saturated rings. The summed E-state index contributed by atoms with van der Waals surface area (Å²) in [5, 5.41) is 0. The average Bonchev–Trinajstić information content (AvgIpc) is 2.48. The molecule has 2 aromatic carbocycles. The summed E-state index contributed by atoms with van der Waals surface area (Å²) in [4.78, 5) is 23.1. The lowest BCUT2D eigenvalue weighted by atomic mass is 9.96. The average molecular weight is 280 g/mol. The van der Waals surface area contributed by atoms with Crippen LogP contribution in [0.15, 0.2) is 54.6 Å². The minimum atomic E-state index is -0.180. The van der Waals surface area contributed by atoms with Crippen LogP contribution in [-0.4, -0.2) is 11.6 Å². The lowest BCUT2D eigenvalue weighted by Gasteiger charge is -2.07. The van der Waals surface area contributed by atoms with Crippen LogP contribution < -0.4 is 0 Å². The van der Waals surface area contributed by atoms with Gasteiger partial charge in [-0.15, -0.1) is 0 Å². The van der Waals surface area contributed by atoms with Gasteiger partial charge in [0.15, 0.2) is 0 Å². The molecule has 21 heavy (non-hydrogen) atoms. The van der Waals surface area contributed by atoms with Gasteiger partial charge in [-0.25, -0.2) is 0 Å². The quantitative estimate of drug-likeness (QED) is 0.799. The Balaban J connectivity index is 2.00. The van der Waals surface area contributed by atoms with Crippen molar-refractivity contribution in [3.05, 3.63) is 60.2 Å². The second-order valence-electron chi connectivity index (χ2n) is 5.49. The van der Waals surface area contributed by atoms with Crippen molar-refractivity contribution in [2.24, 2.45) is 5.92 Å². The van der Waals surface area contributed by atoms with Gasteiger partial charge in [0.2, 0.25) is 0 Å². The third kappa shape index (κ3) is 4.38. The van der Waals surface area contributed by atoms with Crippen molar-refractivity contribution in [3.63, 3.8) is 0 Å². The highest BCUT2D eigenvalue weighted by atomic mass is 16.1. The molecule has 0 amide bonds. The normalized spacial score (nSPS) is 11.9. The van der Waals surface area contributed by atoms with Gasteiger partial charge in [0, 0.05) is 18.8 Å². The number of Topliss-reactive ketones (excluding diaryl/α,β-unsaturated/α-hetero) is 2. The third-order valence-corrected chi connectivity index (χ3v) is 3.69. The molecule has 0 aromatic heterocycles. The van der Waals surface area contributed by atoms with Crippen LogP contribution in [0.1, 0.15) is 25.8 Å². The van der Waals surface area contributed by atoms with E-state index < -0.39 is 0 Å². The second-order valence-corrected chi connectivity index (χ2v) is 5.49. The Labute approximate surface area is 125 Å². The molecule has 0 radical (unpaired) electrons. The van der Waals surface area contributed by atoms with Crippen molar-refractivity contribution in [3.8, 4) is 11.1 Å². The molecular formula is C19H20O2. The molecule has 0 heterocycles. The van der Waals surface area contributed by atoms with E-state index >= 15 is 0 Å². The largest absolute Gasteiger partial charge is 0.300 e. The topological polar surface area (TPSA) is 34.1 Å². The van der Waals surface area contributed by atoms with Crippen LogP contribution in [0.2, 0.25) is 0 Å². The van der Waals surface area contributed by atoms with E-state index in [4.69, 9.17) is 0 Å². The van der Waals surface area contributed by atoms with Crippen molar-refractivity contribution in [1.29, 1.82) is 0 Å². The molecule has 1 atom stereocenters. The molecule has 0 spiro atoms. The van der Waals surface area contributed by atoms with Gasteiger partial charge >= 0.3 is 0 Å². The molecule has 0 aliphatic heterocycles. The zero-order chi connectivity index (χ0) is 15.2. The third-order valence-electron chi connectivity index (χ3n) is 3.69. The summed E-state index contributed by atoms with van der Waals surface area (Å²) >= 11 is 0. The SMILES string of the molecule is CC(=O)[C@H](C)CC(=O)Cc1ccc(-c2ccccc2)cc1. The lowest BCUT2D eigenvalue weighted by Crippen LogP contribution is -2.14. The first-order valence-corrected chi connectivity index (χ1v) is 7.23. The van der Waals surface area contributed by atoms with E-state index in [0.717, 1.165) is 11.1 Å². The van der Waals surface area contributed by atoms with Gasteiger partial charge in [-0.3, -0.25) is 9.59 Å². The first kappa shape index (κ1) is 15.2. The van der Waals surface area contributed by atoms with E-state index in [2.05, 4.69) is 12.1 Å². The van der Waals surface area contributed by atoms with Crippen LogP contribution in [0.5, 0.6) is 0 Å². The number of hydrogen-bond donors (Lipinski definition) is 0. The number of carbonyl (C=O) groups is 2. The van der Waals surface area contributed by atoms with Crippen LogP contribution >= 0.6 is 0 Å². The van der Waals surface area contributed by atoms with Gasteiger partial charge in [-0.2, -0.15) is 0 Å². The zero-order valence-corrected chi connectivity index (χ0v) is 12.5. The molecule has 0 aliphatic rings. The molecule has 2 heteroatoms. The van der Waals surface area contributed by atoms with Crippen LogP contribution in [0, 0.1) is 5.92 Å². The molecule has 0 aliphatic carbocycles. The number of benzene rings is 2. The van der Waals surface area contributed by atoms with E-state index in [-0.39, 0.29) is 17.5 Å². The predicted molar refractivity (Wildman–Crippen MR) is 85.1 cm³/mol. The van der Waals surface area contributed by atoms with Crippen molar-refractivity contribution >= 4 is 11.6 Å². The summed E-state index contributed by atoms with van der Waals surface area (Å²) in [6.45, 7) is 3.34. The summed E-state index contributed by atoms with van der Waals surface area (Å²) in [6, 6.07) is 18.2. The van der Waals surface area contributed by atoms with E-state index in [1.54, 1.807) is 6.92 Å². The summed E-state index contributed by atoms with van der Waals surface area (Å²) in [7, 11) is 0. The van der Waals surface area contributed by atoms with Gasteiger partial charge in [-0.05, 0) is 23.6 Å². The van der Waals surface area contributed by atoms with E-state index in [1.807, 2.05) is 42.5 Å². The molecular weight excluding hydrogens is 260 g/mol. The summed E-state index contributed by atoms with van der Waals surface area (Å²) < 4.78 is 0. The summed E-state index contributed by atoms with van der Waals surface area (Å²) in [6.07, 6.45) is 0.725. The van der Waals surface area contributed by atoms with Crippen LogP contribution in [0.4, 0.5) is 0 Å². The van der Waals surface area contributed by atoms with E-state index in [0.29, 0.717) is 12.8 Å². The van der Waals surface area contributed by atoms with Crippen LogP contribution in [0.25, 0.3) is 11.1 Å². The zero-order valence-electron chi connectivity index (χ0n) is 12.5. The molecule has 2 rings (SSSR count). The Bertz CT molecular complexity index is 612. The minimum absolute atomic E-state index is 0.0720. The maximum atomic E-state index is 11.9. The molecule has 0 saturated carbocycles. The maximum absolute atomic E-state index is 11.9. The van der Waals surface area contributed by atoms with Crippen molar-refractivity contribution < 1.29 is 9.59 Å². The first-order chi connectivity index (χ1) is 10.1. The molecule has 2 aromatic rings. The fourth-order valence-electron chi connectivity index (χ4n) is 2.23. The fraction of sp³-hybridized carbons (Fsp3) is 0.263. The molecule has 0 bridgehead atoms. The standard InChI is InChI=1S/C19H20O2/c1-14(15(2)20)12-19(21)13-16-8-10-18(11-9-16)17-6-4-3-5-7-17/h3-11,14H,12-13H2,1-2H3/t14-/m1/s1. The van der Waals surface area contributed by atoms with Crippen LogP contribution in [-0.2, 0) is 16.0 Å². The number of rotatable bonds is 6. The molecule has 0 unspecified atom stereocenters. The summed E-state index contributed by atoms with van der Waals surface area (Å²) in [5.41, 5.74) is 3.31. The number of ketones is 2.